The van der Waals surface area contributed by atoms with Crippen LogP contribution in [0, 0.1) is 0 Å². The van der Waals surface area contributed by atoms with Crippen molar-refractivity contribution in [3.63, 3.8) is 0 Å². The smallest absolute Gasteiger partial charge is 0.230 e. The van der Waals surface area contributed by atoms with Crippen LogP contribution in [0.4, 0.5) is 0 Å². The van der Waals surface area contributed by atoms with Crippen molar-refractivity contribution in [1.29, 1.82) is 0 Å². The van der Waals surface area contributed by atoms with Crippen molar-refractivity contribution in [2.75, 3.05) is 0 Å². The molecule has 0 heterocycles. The zero-order valence-electron chi connectivity index (χ0n) is 13.4. The Morgan fingerprint density at radius 2 is 1.73 bits per heavy atom. The summed E-state index contributed by atoms with van der Waals surface area (Å²) in [6, 6.07) is 7.79. The lowest BCUT2D eigenvalue weighted by molar-refractivity contribution is -0.128. The number of halogens is 1. The molecule has 2 rings (SSSR count). The molecule has 0 saturated heterocycles. The van der Waals surface area contributed by atoms with E-state index in [-0.39, 0.29) is 18.1 Å². The third kappa shape index (κ3) is 3.64. The zero-order chi connectivity index (χ0) is 16.2. The van der Waals surface area contributed by atoms with Crippen molar-refractivity contribution < 1.29 is 9.90 Å². The van der Waals surface area contributed by atoms with Gasteiger partial charge in [-0.2, -0.15) is 0 Å². The monoisotopic (exact) mass is 323 g/mol. The number of aliphatic hydroxyl groups excluding tert-OH is 1. The molecule has 122 valence electrons. The molecule has 0 aliphatic heterocycles. The molecule has 3 nitrogen and oxygen atoms in total. The average Bonchev–Trinajstić information content (AvgIpc) is 2.53. The summed E-state index contributed by atoms with van der Waals surface area (Å²) in [6.07, 6.45) is 4.58. The molecular formula is C18H26ClNO2. The number of hydrogen-bond donors (Lipinski definition) is 2. The van der Waals surface area contributed by atoms with Gasteiger partial charge in [-0.25, -0.2) is 0 Å². The Morgan fingerprint density at radius 1 is 1.18 bits per heavy atom. The van der Waals surface area contributed by atoms with Crippen molar-refractivity contribution in [3.05, 3.63) is 34.9 Å². The summed E-state index contributed by atoms with van der Waals surface area (Å²) in [5.74, 6) is 0.0983. The summed E-state index contributed by atoms with van der Waals surface area (Å²) in [5.41, 5.74) is 0.524. The minimum atomic E-state index is -0.499. The summed E-state index contributed by atoms with van der Waals surface area (Å²) in [4.78, 5) is 13.0. The van der Waals surface area contributed by atoms with Crippen LogP contribution in [0.25, 0.3) is 0 Å². The van der Waals surface area contributed by atoms with E-state index in [1.54, 1.807) is 0 Å². The molecule has 0 unspecified atom stereocenters. The topological polar surface area (TPSA) is 49.3 Å². The first-order valence-electron chi connectivity index (χ1n) is 8.27. The maximum atomic E-state index is 13.0. The second kappa shape index (κ2) is 7.47. The minimum Gasteiger partial charge on any atom is -0.393 e. The normalized spacial score (nSPS) is 22.4. The molecule has 0 aromatic heterocycles. The van der Waals surface area contributed by atoms with Crippen molar-refractivity contribution in [2.45, 2.75) is 69.9 Å². The van der Waals surface area contributed by atoms with Crippen molar-refractivity contribution >= 4 is 17.5 Å². The van der Waals surface area contributed by atoms with Crippen LogP contribution in [0.15, 0.2) is 24.3 Å². The van der Waals surface area contributed by atoms with Gasteiger partial charge in [0.15, 0.2) is 0 Å². The van der Waals surface area contributed by atoms with Crippen LogP contribution in [-0.4, -0.2) is 23.2 Å². The van der Waals surface area contributed by atoms with Crippen molar-refractivity contribution in [1.82, 2.24) is 5.32 Å². The fraction of sp³-hybridized carbons (Fsp3) is 0.611. The Balaban J connectivity index is 2.15. The highest BCUT2D eigenvalue weighted by molar-refractivity contribution is 6.30. The van der Waals surface area contributed by atoms with E-state index in [1.807, 2.05) is 24.3 Å². The molecule has 1 aromatic rings. The van der Waals surface area contributed by atoms with Crippen molar-refractivity contribution in [2.24, 2.45) is 0 Å². The largest absolute Gasteiger partial charge is 0.393 e. The van der Waals surface area contributed by atoms with E-state index < -0.39 is 5.41 Å². The zero-order valence-corrected chi connectivity index (χ0v) is 14.2. The molecule has 1 aromatic carbocycles. The third-order valence-electron chi connectivity index (χ3n) is 5.07. The lowest BCUT2D eigenvalue weighted by atomic mass is 9.74. The Labute approximate surface area is 138 Å². The van der Waals surface area contributed by atoms with E-state index >= 15 is 0 Å². The second-order valence-electron chi connectivity index (χ2n) is 6.28. The van der Waals surface area contributed by atoms with E-state index in [0.717, 1.165) is 44.1 Å². The summed E-state index contributed by atoms with van der Waals surface area (Å²) >= 11 is 5.97. The van der Waals surface area contributed by atoms with Gasteiger partial charge in [-0.15, -0.1) is 0 Å². The number of nitrogens with one attached hydrogen (secondary N) is 1. The SMILES string of the molecule is CCC(CC)(C(=O)NC1CCC(O)CC1)c1ccc(Cl)cc1. The number of carbonyl (C=O) groups excluding carboxylic acids is 1. The molecule has 1 amide bonds. The lowest BCUT2D eigenvalue weighted by Crippen LogP contribution is -2.49. The molecule has 2 N–H and O–H groups in total. The summed E-state index contributed by atoms with van der Waals surface area (Å²) in [7, 11) is 0. The number of rotatable bonds is 5. The summed E-state index contributed by atoms with van der Waals surface area (Å²) in [5, 5.41) is 13.5. The maximum Gasteiger partial charge on any atom is 0.230 e. The Kier molecular flexibility index (Phi) is 5.87. The van der Waals surface area contributed by atoms with E-state index in [4.69, 9.17) is 11.6 Å². The van der Waals surface area contributed by atoms with Gasteiger partial charge in [0.05, 0.1) is 11.5 Å². The van der Waals surface area contributed by atoms with Crippen molar-refractivity contribution in [3.8, 4) is 0 Å². The molecule has 4 heteroatoms. The van der Waals surface area contributed by atoms with Crippen LogP contribution in [0.1, 0.15) is 57.9 Å². The third-order valence-corrected chi connectivity index (χ3v) is 5.32. The fourth-order valence-corrected chi connectivity index (χ4v) is 3.55. The first-order chi connectivity index (χ1) is 10.5. The van der Waals surface area contributed by atoms with Gasteiger partial charge in [0.25, 0.3) is 0 Å². The lowest BCUT2D eigenvalue weighted by Gasteiger charge is -2.34. The highest BCUT2D eigenvalue weighted by Gasteiger charge is 2.38. The van der Waals surface area contributed by atoms with Crippen LogP contribution in [0.3, 0.4) is 0 Å². The van der Waals surface area contributed by atoms with Gasteiger partial charge in [-0.3, -0.25) is 4.79 Å². The second-order valence-corrected chi connectivity index (χ2v) is 6.71. The molecule has 0 atom stereocenters. The van der Waals surface area contributed by atoms with Crippen LogP contribution >= 0.6 is 11.6 Å². The van der Waals surface area contributed by atoms with Crippen LogP contribution < -0.4 is 5.32 Å². The standard InChI is InChI=1S/C18H26ClNO2/c1-3-18(4-2,13-5-7-14(19)8-6-13)17(22)20-15-9-11-16(21)12-10-15/h5-8,15-16,21H,3-4,9-12H2,1-2H3,(H,20,22). The van der Waals surface area contributed by atoms with Gasteiger partial charge in [0.2, 0.25) is 5.91 Å². The number of aliphatic hydroxyl groups is 1. The van der Waals surface area contributed by atoms with Gasteiger partial charge in [-0.1, -0.05) is 37.6 Å². The molecular weight excluding hydrogens is 298 g/mol. The average molecular weight is 324 g/mol. The molecule has 1 aliphatic carbocycles. The first kappa shape index (κ1) is 17.3. The number of carbonyl (C=O) groups is 1. The van der Waals surface area contributed by atoms with E-state index in [0.29, 0.717) is 5.02 Å². The number of amides is 1. The summed E-state index contributed by atoms with van der Waals surface area (Å²) in [6.45, 7) is 4.12. The molecule has 22 heavy (non-hydrogen) atoms. The van der Waals surface area contributed by atoms with E-state index in [9.17, 15) is 9.90 Å². The van der Waals surface area contributed by atoms with E-state index in [2.05, 4.69) is 19.2 Å². The van der Waals surface area contributed by atoms with Gasteiger partial charge in [-0.05, 0) is 56.2 Å². The minimum absolute atomic E-state index is 0.0983. The van der Waals surface area contributed by atoms with Crippen LogP contribution in [-0.2, 0) is 10.2 Å². The predicted molar refractivity (Wildman–Crippen MR) is 90.1 cm³/mol. The number of benzene rings is 1. The first-order valence-corrected chi connectivity index (χ1v) is 8.64. The van der Waals surface area contributed by atoms with Crippen LogP contribution in [0.5, 0.6) is 0 Å². The van der Waals surface area contributed by atoms with Gasteiger partial charge >= 0.3 is 0 Å². The van der Waals surface area contributed by atoms with Gasteiger partial charge in [0, 0.05) is 11.1 Å². The Bertz CT molecular complexity index is 488. The predicted octanol–water partition coefficient (Wildman–Crippen LogP) is 3.82. The molecule has 0 bridgehead atoms. The Morgan fingerprint density at radius 3 is 2.23 bits per heavy atom. The summed E-state index contributed by atoms with van der Waals surface area (Å²) < 4.78 is 0. The molecule has 0 radical (unpaired) electrons. The molecule has 1 fully saturated rings. The molecule has 1 saturated carbocycles. The maximum absolute atomic E-state index is 13.0. The number of hydrogen-bond acceptors (Lipinski definition) is 2. The van der Waals surface area contributed by atoms with Gasteiger partial charge < -0.3 is 10.4 Å². The fourth-order valence-electron chi connectivity index (χ4n) is 3.42. The molecule has 0 spiro atoms. The molecule has 1 aliphatic rings. The highest BCUT2D eigenvalue weighted by Crippen LogP contribution is 2.33. The van der Waals surface area contributed by atoms with E-state index in [1.165, 1.54) is 0 Å². The Hall–Kier alpha value is -1.06. The quantitative estimate of drug-likeness (QED) is 0.865. The van der Waals surface area contributed by atoms with Crippen LogP contribution in [0.2, 0.25) is 5.02 Å². The highest BCUT2D eigenvalue weighted by atomic mass is 35.5. The van der Waals surface area contributed by atoms with Gasteiger partial charge in [0.1, 0.15) is 0 Å².